The molecule has 3 aliphatic carbocycles. The van der Waals surface area contributed by atoms with E-state index in [1.165, 1.54) is 0 Å². The molecule has 0 radical (unpaired) electrons. The van der Waals surface area contributed by atoms with E-state index in [-0.39, 0.29) is 24.1 Å². The van der Waals surface area contributed by atoms with E-state index < -0.39 is 0 Å². The number of methoxy groups -OCH3 is 2. The summed E-state index contributed by atoms with van der Waals surface area (Å²) in [7, 11) is 3.36. The van der Waals surface area contributed by atoms with E-state index in [9.17, 15) is 4.79 Å². The number of Topliss-reactive ketones (excluding diaryl/α,β-unsaturated/α-hetero) is 1. The minimum absolute atomic E-state index is 0.0751. The topological polar surface area (TPSA) is 66.9 Å². The normalized spacial score (nSPS) is 24.8. The monoisotopic (exact) mass is 411 g/mol. The Morgan fingerprint density at radius 3 is 2.63 bits per heavy atom. The molecule has 1 aromatic heterocycles. The third-order valence-corrected chi connectivity index (χ3v) is 5.81. The predicted molar refractivity (Wildman–Crippen MR) is 113 cm³/mol. The smallest absolute Gasteiger partial charge is 0.212 e. The molecule has 3 aliphatic rings. The first-order valence-corrected chi connectivity index (χ1v) is 10.6. The van der Waals surface area contributed by atoms with E-state index >= 15 is 0 Å². The Balaban J connectivity index is 1.92. The number of pyridine rings is 1. The van der Waals surface area contributed by atoms with Gasteiger partial charge in [-0.2, -0.15) is 0 Å². The Hall–Kier alpha value is -2.28. The minimum Gasteiger partial charge on any atom is -0.495 e. The number of aromatic nitrogens is 1. The molecule has 6 heteroatoms. The average molecular weight is 411 g/mol. The third kappa shape index (κ3) is 3.43. The number of allylic oxidation sites excluding steroid dienone is 2. The van der Waals surface area contributed by atoms with Gasteiger partial charge in [0.2, 0.25) is 5.78 Å². The molecule has 1 heterocycles. The van der Waals surface area contributed by atoms with Gasteiger partial charge in [0.1, 0.15) is 29.8 Å². The summed E-state index contributed by atoms with van der Waals surface area (Å²) in [6.45, 7) is 5.36. The largest absolute Gasteiger partial charge is 0.495 e. The molecule has 0 fully saturated rings. The second-order valence-electron chi connectivity index (χ2n) is 7.74. The maximum atomic E-state index is 13.4. The zero-order valence-corrected chi connectivity index (χ0v) is 18.1. The molecule has 0 amide bonds. The minimum atomic E-state index is -0.311. The molecule has 3 atom stereocenters. The standard InChI is InChI=1S/C24H29NO5/c1-5-9-29-18-13-16-15(12-17(18)27-3)21-20-14(7-8-25-22(20)23(16)26)11-19(24(21)28-4)30-10-6-2/h7-8,11,13,17,19,24H,5-6,9-10,12H2,1-4H3. The van der Waals surface area contributed by atoms with Crippen molar-refractivity contribution in [1.82, 2.24) is 4.98 Å². The van der Waals surface area contributed by atoms with Crippen molar-refractivity contribution >= 4 is 17.4 Å². The lowest BCUT2D eigenvalue weighted by Crippen LogP contribution is -2.50. The zero-order chi connectivity index (χ0) is 21.3. The zero-order valence-electron chi connectivity index (χ0n) is 18.1. The van der Waals surface area contributed by atoms with Crippen LogP contribution in [0.2, 0.25) is 0 Å². The van der Waals surface area contributed by atoms with Crippen molar-refractivity contribution in [2.75, 3.05) is 27.4 Å². The maximum Gasteiger partial charge on any atom is 0.212 e. The van der Waals surface area contributed by atoms with Crippen LogP contribution in [0, 0.1) is 0 Å². The van der Waals surface area contributed by atoms with Crippen LogP contribution in [0.25, 0.3) is 11.6 Å². The van der Waals surface area contributed by atoms with Crippen LogP contribution < -0.4 is 10.4 Å². The highest BCUT2D eigenvalue weighted by Gasteiger charge is 2.40. The van der Waals surface area contributed by atoms with Crippen molar-refractivity contribution in [3.05, 3.63) is 51.4 Å². The van der Waals surface area contributed by atoms with Crippen LogP contribution in [0.1, 0.15) is 43.6 Å². The SMILES string of the molecule is CCCOC1=CC2=C(CC1OC)C1=c3c(nccc3=CC(OCCC)C1OC)C2=O. The molecule has 6 nitrogen and oxygen atoms in total. The summed E-state index contributed by atoms with van der Waals surface area (Å²) >= 11 is 0. The molecular formula is C24H29NO5. The predicted octanol–water partition coefficient (Wildman–Crippen LogP) is 2.06. The summed E-state index contributed by atoms with van der Waals surface area (Å²) in [5.74, 6) is 0.621. The summed E-state index contributed by atoms with van der Waals surface area (Å²) in [5, 5.41) is 1.83. The maximum absolute atomic E-state index is 13.4. The van der Waals surface area contributed by atoms with Crippen molar-refractivity contribution in [3.8, 4) is 0 Å². The second kappa shape index (κ2) is 8.84. The number of rotatable bonds is 8. The van der Waals surface area contributed by atoms with Crippen LogP contribution in [0.5, 0.6) is 0 Å². The quantitative estimate of drug-likeness (QED) is 0.652. The molecule has 0 spiro atoms. The lowest BCUT2D eigenvalue weighted by molar-refractivity contribution is 0.00133. The number of ketones is 1. The molecule has 0 bridgehead atoms. The van der Waals surface area contributed by atoms with Gasteiger partial charge >= 0.3 is 0 Å². The number of nitrogens with zero attached hydrogens (tertiary/aromatic N) is 1. The Kier molecular flexibility index (Phi) is 6.18. The van der Waals surface area contributed by atoms with E-state index in [0.29, 0.717) is 36.7 Å². The Morgan fingerprint density at radius 1 is 1.13 bits per heavy atom. The molecular weight excluding hydrogens is 382 g/mol. The third-order valence-electron chi connectivity index (χ3n) is 5.81. The number of ether oxygens (including phenoxy) is 4. The van der Waals surface area contributed by atoms with Gasteiger partial charge in [0, 0.05) is 44.2 Å². The number of carbonyl (C=O) groups is 1. The van der Waals surface area contributed by atoms with Gasteiger partial charge in [-0.1, -0.05) is 13.8 Å². The van der Waals surface area contributed by atoms with E-state index in [1.54, 1.807) is 20.4 Å². The van der Waals surface area contributed by atoms with Gasteiger partial charge in [0.25, 0.3) is 0 Å². The Bertz CT molecular complexity index is 1020. The molecule has 0 saturated heterocycles. The number of carbonyl (C=O) groups excluding carboxylic acids is 1. The van der Waals surface area contributed by atoms with Gasteiger partial charge in [0.05, 0.1) is 6.61 Å². The van der Waals surface area contributed by atoms with Crippen molar-refractivity contribution in [2.24, 2.45) is 0 Å². The summed E-state index contributed by atoms with van der Waals surface area (Å²) in [4.78, 5) is 17.8. The molecule has 0 aliphatic heterocycles. The fourth-order valence-electron chi connectivity index (χ4n) is 4.46. The molecule has 30 heavy (non-hydrogen) atoms. The molecule has 0 aromatic carbocycles. The van der Waals surface area contributed by atoms with Crippen molar-refractivity contribution in [2.45, 2.75) is 51.4 Å². The van der Waals surface area contributed by atoms with Gasteiger partial charge in [-0.15, -0.1) is 0 Å². The van der Waals surface area contributed by atoms with Crippen molar-refractivity contribution in [3.63, 3.8) is 0 Å². The molecule has 3 unspecified atom stereocenters. The lowest BCUT2D eigenvalue weighted by Gasteiger charge is -2.36. The van der Waals surface area contributed by atoms with Gasteiger partial charge in [-0.05, 0) is 47.4 Å². The highest BCUT2D eigenvalue weighted by Crippen LogP contribution is 2.38. The molecule has 160 valence electrons. The van der Waals surface area contributed by atoms with Crippen LogP contribution in [-0.2, 0) is 18.9 Å². The highest BCUT2D eigenvalue weighted by atomic mass is 16.5. The first-order valence-electron chi connectivity index (χ1n) is 10.6. The fourth-order valence-corrected chi connectivity index (χ4v) is 4.46. The van der Waals surface area contributed by atoms with E-state index in [0.717, 1.165) is 34.4 Å². The number of hydrogen-bond acceptors (Lipinski definition) is 6. The van der Waals surface area contributed by atoms with Gasteiger partial charge in [-0.3, -0.25) is 9.78 Å². The average Bonchev–Trinajstić information content (AvgIpc) is 2.78. The first-order chi connectivity index (χ1) is 14.6. The van der Waals surface area contributed by atoms with Crippen LogP contribution in [-0.4, -0.2) is 56.5 Å². The van der Waals surface area contributed by atoms with Crippen molar-refractivity contribution in [1.29, 1.82) is 0 Å². The van der Waals surface area contributed by atoms with Gasteiger partial charge in [0.15, 0.2) is 0 Å². The van der Waals surface area contributed by atoms with E-state index in [4.69, 9.17) is 18.9 Å². The number of hydrogen-bond donors (Lipinski definition) is 0. The van der Waals surface area contributed by atoms with Crippen LogP contribution in [0.4, 0.5) is 0 Å². The Labute approximate surface area is 176 Å². The van der Waals surface area contributed by atoms with Crippen LogP contribution in [0.3, 0.4) is 0 Å². The molecule has 0 N–H and O–H groups in total. The Morgan fingerprint density at radius 2 is 1.93 bits per heavy atom. The molecule has 1 aromatic rings. The highest BCUT2D eigenvalue weighted by molar-refractivity contribution is 6.14. The van der Waals surface area contributed by atoms with Crippen LogP contribution >= 0.6 is 0 Å². The summed E-state index contributed by atoms with van der Waals surface area (Å²) < 4.78 is 23.7. The van der Waals surface area contributed by atoms with Gasteiger partial charge < -0.3 is 18.9 Å². The van der Waals surface area contributed by atoms with E-state index in [1.807, 2.05) is 12.1 Å². The summed E-state index contributed by atoms with van der Waals surface area (Å²) in [5.41, 5.74) is 3.03. The lowest BCUT2D eigenvalue weighted by atomic mass is 9.76. The summed E-state index contributed by atoms with van der Waals surface area (Å²) in [6, 6.07) is 1.94. The van der Waals surface area contributed by atoms with Gasteiger partial charge in [-0.25, -0.2) is 0 Å². The van der Waals surface area contributed by atoms with E-state index in [2.05, 4.69) is 24.9 Å². The second-order valence-corrected chi connectivity index (χ2v) is 7.74. The number of fused-ring (bicyclic) bond motifs is 1. The van der Waals surface area contributed by atoms with Crippen LogP contribution in [0.15, 0.2) is 35.2 Å². The first kappa shape index (κ1) is 21.0. The fraction of sp³-hybridized carbons (Fsp3) is 0.500. The molecule has 4 rings (SSSR count). The van der Waals surface area contributed by atoms with Crippen molar-refractivity contribution < 1.29 is 23.7 Å². The molecule has 0 saturated carbocycles. The summed E-state index contributed by atoms with van der Waals surface area (Å²) in [6.07, 6.45) is 7.16.